The van der Waals surface area contributed by atoms with Crippen LogP contribution in [0.1, 0.15) is 48.9 Å². The Morgan fingerprint density at radius 1 is 1.19 bits per heavy atom. The predicted molar refractivity (Wildman–Crippen MR) is 98.3 cm³/mol. The number of hydrogen-bond donors (Lipinski definition) is 0. The Hall–Kier alpha value is -1.44. The van der Waals surface area contributed by atoms with Crippen molar-refractivity contribution in [1.29, 1.82) is 0 Å². The van der Waals surface area contributed by atoms with Crippen LogP contribution >= 0.6 is 11.6 Å². The van der Waals surface area contributed by atoms with Crippen molar-refractivity contribution in [2.45, 2.75) is 43.8 Å². The lowest BCUT2D eigenvalue weighted by Gasteiger charge is -2.31. The minimum atomic E-state index is -3.35. The lowest BCUT2D eigenvalue weighted by Crippen LogP contribution is -2.41. The first kappa shape index (κ1) is 17.9. The molecule has 0 bridgehead atoms. The fourth-order valence-electron chi connectivity index (χ4n) is 3.43. The molecule has 2 fully saturated rings. The van der Waals surface area contributed by atoms with Crippen LogP contribution in [0.5, 0.6) is 0 Å². The highest BCUT2D eigenvalue weighted by Gasteiger charge is 2.32. The number of benzene rings is 1. The van der Waals surface area contributed by atoms with Gasteiger partial charge in [-0.15, -0.1) is 0 Å². The molecule has 0 spiro atoms. The Morgan fingerprint density at radius 2 is 1.96 bits per heavy atom. The number of nitrogens with zero attached hydrogens (tertiary/aromatic N) is 3. The molecule has 1 saturated carbocycles. The monoisotopic (exact) mass is 395 g/mol. The molecule has 1 atom stereocenters. The van der Waals surface area contributed by atoms with Gasteiger partial charge in [-0.3, -0.25) is 0 Å². The topological polar surface area (TPSA) is 76.3 Å². The SMILES string of the molecule is O=S(=O)(Cc1ccc(Cl)cc1)N1CCCC(Cc2nc(C3CC3)no2)C1. The molecule has 1 unspecified atom stereocenters. The van der Waals surface area contributed by atoms with E-state index >= 15 is 0 Å². The van der Waals surface area contributed by atoms with Gasteiger partial charge >= 0.3 is 0 Å². The fourth-order valence-corrected chi connectivity index (χ4v) is 5.20. The molecule has 0 N–H and O–H groups in total. The maximum atomic E-state index is 12.8. The number of halogens is 1. The number of piperidine rings is 1. The normalized spacial score (nSPS) is 21.8. The standard InChI is InChI=1S/C18H22ClN3O3S/c19-16-7-3-13(4-8-16)12-26(23,24)22-9-1-2-14(11-22)10-17-20-18(21-25-17)15-5-6-15/h3-4,7-8,14-15H,1-2,5-6,9-12H2. The van der Waals surface area contributed by atoms with Gasteiger partial charge in [-0.05, 0) is 49.3 Å². The summed E-state index contributed by atoms with van der Waals surface area (Å²) in [7, 11) is -3.35. The Balaban J connectivity index is 1.39. The van der Waals surface area contributed by atoms with Crippen molar-refractivity contribution >= 4 is 21.6 Å². The van der Waals surface area contributed by atoms with Crippen LogP contribution < -0.4 is 0 Å². The van der Waals surface area contributed by atoms with Gasteiger partial charge in [0.2, 0.25) is 15.9 Å². The van der Waals surface area contributed by atoms with Gasteiger partial charge in [0.15, 0.2) is 5.82 Å². The lowest BCUT2D eigenvalue weighted by molar-refractivity contribution is 0.246. The number of hydrogen-bond acceptors (Lipinski definition) is 5. The van der Waals surface area contributed by atoms with Gasteiger partial charge < -0.3 is 4.52 Å². The Labute approximate surface area is 158 Å². The van der Waals surface area contributed by atoms with Crippen LogP contribution in [0.3, 0.4) is 0 Å². The number of rotatable bonds is 6. The van der Waals surface area contributed by atoms with E-state index in [4.69, 9.17) is 16.1 Å². The summed E-state index contributed by atoms with van der Waals surface area (Å²) in [6, 6.07) is 6.97. The van der Waals surface area contributed by atoms with Gasteiger partial charge in [-0.25, -0.2) is 12.7 Å². The van der Waals surface area contributed by atoms with Crippen LogP contribution in [0.25, 0.3) is 0 Å². The van der Waals surface area contributed by atoms with E-state index in [0.29, 0.717) is 36.3 Å². The van der Waals surface area contributed by atoms with Crippen LogP contribution in [0.2, 0.25) is 5.02 Å². The molecule has 1 aliphatic heterocycles. The molecule has 1 aliphatic carbocycles. The van der Waals surface area contributed by atoms with Crippen molar-refractivity contribution in [2.24, 2.45) is 5.92 Å². The van der Waals surface area contributed by atoms with Crippen LogP contribution in [-0.2, 0) is 22.2 Å². The molecule has 1 aromatic carbocycles. The number of sulfonamides is 1. The van der Waals surface area contributed by atoms with Gasteiger partial charge in [0, 0.05) is 30.5 Å². The summed E-state index contributed by atoms with van der Waals surface area (Å²) in [5.74, 6) is 2.13. The molecule has 4 rings (SSSR count). The lowest BCUT2D eigenvalue weighted by atomic mass is 9.96. The van der Waals surface area contributed by atoms with Crippen molar-refractivity contribution in [1.82, 2.24) is 14.4 Å². The first-order valence-corrected chi connectivity index (χ1v) is 11.0. The first-order valence-electron chi connectivity index (χ1n) is 9.04. The summed E-state index contributed by atoms with van der Waals surface area (Å²) in [6.07, 6.45) is 4.76. The molecule has 140 valence electrons. The third-order valence-electron chi connectivity index (χ3n) is 5.03. The first-order chi connectivity index (χ1) is 12.5. The van der Waals surface area contributed by atoms with Crippen molar-refractivity contribution < 1.29 is 12.9 Å². The summed E-state index contributed by atoms with van der Waals surface area (Å²) >= 11 is 5.87. The Kier molecular flexibility index (Phi) is 5.03. The van der Waals surface area contributed by atoms with Gasteiger partial charge in [0.1, 0.15) is 0 Å². The van der Waals surface area contributed by atoms with Crippen LogP contribution in [-0.4, -0.2) is 36.0 Å². The molecular weight excluding hydrogens is 374 g/mol. The van der Waals surface area contributed by atoms with E-state index in [9.17, 15) is 8.42 Å². The highest BCUT2D eigenvalue weighted by Crippen LogP contribution is 2.38. The van der Waals surface area contributed by atoms with Crippen molar-refractivity contribution in [2.75, 3.05) is 13.1 Å². The zero-order valence-corrected chi connectivity index (χ0v) is 16.0. The van der Waals surface area contributed by atoms with Crippen LogP contribution in [0, 0.1) is 5.92 Å². The third kappa shape index (κ3) is 4.27. The fraction of sp³-hybridized carbons (Fsp3) is 0.556. The van der Waals surface area contributed by atoms with Gasteiger partial charge in [-0.1, -0.05) is 28.9 Å². The molecule has 0 amide bonds. The van der Waals surface area contributed by atoms with E-state index in [2.05, 4.69) is 10.1 Å². The average molecular weight is 396 g/mol. The maximum absolute atomic E-state index is 12.8. The molecule has 1 aromatic heterocycles. The van der Waals surface area contributed by atoms with Crippen molar-refractivity contribution in [3.8, 4) is 0 Å². The van der Waals surface area contributed by atoms with Crippen LogP contribution in [0.15, 0.2) is 28.8 Å². The molecule has 2 aromatic rings. The molecule has 6 nitrogen and oxygen atoms in total. The van der Waals surface area contributed by atoms with E-state index < -0.39 is 10.0 Å². The molecule has 2 aliphatic rings. The molecular formula is C18H22ClN3O3S. The Morgan fingerprint density at radius 3 is 2.69 bits per heavy atom. The molecule has 0 radical (unpaired) electrons. The maximum Gasteiger partial charge on any atom is 0.226 e. The zero-order valence-electron chi connectivity index (χ0n) is 14.5. The van der Waals surface area contributed by atoms with E-state index in [0.717, 1.165) is 37.1 Å². The zero-order chi connectivity index (χ0) is 18.1. The Bertz CT molecular complexity index is 862. The van der Waals surface area contributed by atoms with E-state index in [1.54, 1.807) is 28.6 Å². The van der Waals surface area contributed by atoms with E-state index in [-0.39, 0.29) is 11.7 Å². The van der Waals surface area contributed by atoms with Crippen molar-refractivity contribution in [3.63, 3.8) is 0 Å². The summed E-state index contributed by atoms with van der Waals surface area (Å²) in [4.78, 5) is 4.47. The highest BCUT2D eigenvalue weighted by molar-refractivity contribution is 7.88. The largest absolute Gasteiger partial charge is 0.339 e. The number of aromatic nitrogens is 2. The predicted octanol–water partition coefficient (Wildman–Crippen LogP) is 3.38. The van der Waals surface area contributed by atoms with E-state index in [1.165, 1.54) is 0 Å². The third-order valence-corrected chi connectivity index (χ3v) is 7.10. The molecule has 8 heteroatoms. The molecule has 26 heavy (non-hydrogen) atoms. The molecule has 1 saturated heterocycles. The van der Waals surface area contributed by atoms with Crippen LogP contribution in [0.4, 0.5) is 0 Å². The second-order valence-corrected chi connectivity index (χ2v) is 9.68. The van der Waals surface area contributed by atoms with Crippen molar-refractivity contribution in [3.05, 3.63) is 46.6 Å². The summed E-state index contributed by atoms with van der Waals surface area (Å²) in [5, 5.41) is 4.65. The second-order valence-electron chi connectivity index (χ2n) is 7.27. The van der Waals surface area contributed by atoms with Gasteiger partial charge in [0.05, 0.1) is 5.75 Å². The molecule has 2 heterocycles. The van der Waals surface area contributed by atoms with Gasteiger partial charge in [-0.2, -0.15) is 4.98 Å². The minimum Gasteiger partial charge on any atom is -0.339 e. The highest BCUT2D eigenvalue weighted by atomic mass is 35.5. The summed E-state index contributed by atoms with van der Waals surface area (Å²) in [6.45, 7) is 1.08. The summed E-state index contributed by atoms with van der Waals surface area (Å²) < 4.78 is 32.5. The van der Waals surface area contributed by atoms with Gasteiger partial charge in [0.25, 0.3) is 0 Å². The summed E-state index contributed by atoms with van der Waals surface area (Å²) in [5.41, 5.74) is 0.752. The average Bonchev–Trinajstić information content (AvgIpc) is 3.37. The second kappa shape index (κ2) is 7.29. The van der Waals surface area contributed by atoms with E-state index in [1.807, 2.05) is 0 Å². The minimum absolute atomic E-state index is 0.00325. The smallest absolute Gasteiger partial charge is 0.226 e. The quantitative estimate of drug-likeness (QED) is 0.749.